The largest absolute Gasteiger partial charge is 0.462 e. The van der Waals surface area contributed by atoms with Gasteiger partial charge in [0, 0.05) is 5.69 Å². The van der Waals surface area contributed by atoms with Crippen molar-refractivity contribution in [2.75, 3.05) is 18.9 Å². The van der Waals surface area contributed by atoms with E-state index in [1.165, 1.54) is 12.1 Å². The van der Waals surface area contributed by atoms with E-state index in [0.29, 0.717) is 12.3 Å². The van der Waals surface area contributed by atoms with Crippen molar-refractivity contribution in [2.45, 2.75) is 39.5 Å². The third-order valence-electron chi connectivity index (χ3n) is 2.99. The number of nitrogens with two attached hydrogens (primary N) is 1. The van der Waals surface area contributed by atoms with Gasteiger partial charge in [-0.2, -0.15) is 0 Å². The first kappa shape index (κ1) is 17.0. The maximum atomic E-state index is 12.1. The molecule has 0 atom stereocenters. The van der Waals surface area contributed by atoms with Gasteiger partial charge in [-0.15, -0.1) is 0 Å². The number of ether oxygens (including phenoxy) is 2. The predicted molar refractivity (Wildman–Crippen MR) is 81.2 cm³/mol. The second-order valence-corrected chi connectivity index (χ2v) is 4.72. The van der Waals surface area contributed by atoms with Crippen molar-refractivity contribution >= 4 is 17.6 Å². The van der Waals surface area contributed by atoms with Crippen molar-refractivity contribution in [3.8, 4) is 0 Å². The quantitative estimate of drug-likeness (QED) is 0.452. The summed E-state index contributed by atoms with van der Waals surface area (Å²) in [5.74, 6) is -1.09. The number of hydrogen-bond acceptors (Lipinski definition) is 5. The number of unbranched alkanes of at least 4 members (excludes halogenated alkanes) is 3. The number of carbonyl (C=O) groups is 2. The molecule has 1 rings (SSSR count). The van der Waals surface area contributed by atoms with E-state index in [9.17, 15) is 9.59 Å². The smallest absolute Gasteiger partial charge is 0.339 e. The summed E-state index contributed by atoms with van der Waals surface area (Å²) in [5.41, 5.74) is 6.42. The average Bonchev–Trinajstić information content (AvgIpc) is 2.47. The van der Waals surface area contributed by atoms with Gasteiger partial charge in [-0.05, 0) is 31.5 Å². The minimum atomic E-state index is -0.546. The van der Waals surface area contributed by atoms with Crippen molar-refractivity contribution in [3.05, 3.63) is 29.3 Å². The highest BCUT2D eigenvalue weighted by molar-refractivity contribution is 6.03. The molecule has 2 N–H and O–H groups in total. The van der Waals surface area contributed by atoms with E-state index in [2.05, 4.69) is 6.92 Å². The van der Waals surface area contributed by atoms with Gasteiger partial charge in [-0.3, -0.25) is 0 Å². The van der Waals surface area contributed by atoms with E-state index >= 15 is 0 Å². The molecule has 0 unspecified atom stereocenters. The standard InChI is InChI=1S/C16H23NO4/c1-3-5-6-7-10-21-16(19)14-11-12(17)8-9-13(14)15(18)20-4-2/h8-9,11H,3-7,10,17H2,1-2H3. The molecule has 21 heavy (non-hydrogen) atoms. The zero-order valence-electron chi connectivity index (χ0n) is 12.7. The fourth-order valence-electron chi connectivity index (χ4n) is 1.89. The number of anilines is 1. The lowest BCUT2D eigenvalue weighted by molar-refractivity contribution is 0.0462. The topological polar surface area (TPSA) is 78.6 Å². The molecule has 0 radical (unpaired) electrons. The maximum absolute atomic E-state index is 12.1. The van der Waals surface area contributed by atoms with E-state index in [0.717, 1.165) is 25.7 Å². The lowest BCUT2D eigenvalue weighted by Crippen LogP contribution is -2.15. The first-order chi connectivity index (χ1) is 10.1. The zero-order chi connectivity index (χ0) is 15.7. The van der Waals surface area contributed by atoms with Crippen LogP contribution in [0.15, 0.2) is 18.2 Å². The molecule has 0 aliphatic heterocycles. The van der Waals surface area contributed by atoms with Gasteiger partial charge in [-0.25, -0.2) is 9.59 Å². The van der Waals surface area contributed by atoms with E-state index in [1.54, 1.807) is 13.0 Å². The molecule has 0 amide bonds. The third-order valence-corrected chi connectivity index (χ3v) is 2.99. The van der Waals surface area contributed by atoms with Crippen molar-refractivity contribution in [1.29, 1.82) is 0 Å². The lowest BCUT2D eigenvalue weighted by atomic mass is 10.1. The molecule has 0 aliphatic carbocycles. The van der Waals surface area contributed by atoms with Crippen LogP contribution in [0.25, 0.3) is 0 Å². The van der Waals surface area contributed by atoms with Gasteiger partial charge in [0.15, 0.2) is 0 Å². The molecular formula is C16H23NO4. The molecule has 5 heteroatoms. The summed E-state index contributed by atoms with van der Waals surface area (Å²) in [6.07, 6.45) is 4.07. The first-order valence-electron chi connectivity index (χ1n) is 7.33. The molecule has 116 valence electrons. The first-order valence-corrected chi connectivity index (χ1v) is 7.33. The Balaban J connectivity index is 2.73. The van der Waals surface area contributed by atoms with E-state index < -0.39 is 11.9 Å². The van der Waals surface area contributed by atoms with Crippen LogP contribution in [0.5, 0.6) is 0 Å². The van der Waals surface area contributed by atoms with Crippen LogP contribution in [0.2, 0.25) is 0 Å². The highest BCUT2D eigenvalue weighted by Gasteiger charge is 2.19. The van der Waals surface area contributed by atoms with E-state index in [4.69, 9.17) is 15.2 Å². The molecule has 1 aromatic carbocycles. The van der Waals surface area contributed by atoms with Crippen LogP contribution < -0.4 is 5.73 Å². The summed E-state index contributed by atoms with van der Waals surface area (Å²) in [6, 6.07) is 4.49. The Kier molecular flexibility index (Phi) is 7.29. The second kappa shape index (κ2) is 9.00. The second-order valence-electron chi connectivity index (χ2n) is 4.72. The SMILES string of the molecule is CCCCCCOC(=O)c1cc(N)ccc1C(=O)OCC. The van der Waals surface area contributed by atoms with Crippen molar-refractivity contribution < 1.29 is 19.1 Å². The molecule has 0 fully saturated rings. The predicted octanol–water partition coefficient (Wildman–Crippen LogP) is 3.18. The molecular weight excluding hydrogens is 270 g/mol. The van der Waals surface area contributed by atoms with Crippen LogP contribution in [-0.4, -0.2) is 25.2 Å². The molecule has 1 aromatic rings. The third kappa shape index (κ3) is 5.45. The maximum Gasteiger partial charge on any atom is 0.339 e. The Hall–Kier alpha value is -2.04. The van der Waals surface area contributed by atoms with Crippen LogP contribution in [0.3, 0.4) is 0 Å². The number of nitrogen functional groups attached to an aromatic ring is 1. The number of hydrogen-bond donors (Lipinski definition) is 1. The molecule has 5 nitrogen and oxygen atoms in total. The van der Waals surface area contributed by atoms with Crippen LogP contribution in [0, 0.1) is 0 Å². The summed E-state index contributed by atoms with van der Waals surface area (Å²) in [6.45, 7) is 4.41. The summed E-state index contributed by atoms with van der Waals surface area (Å²) >= 11 is 0. The Labute approximate surface area is 125 Å². The summed E-state index contributed by atoms with van der Waals surface area (Å²) < 4.78 is 10.1. The average molecular weight is 293 g/mol. The fraction of sp³-hybridized carbons (Fsp3) is 0.500. The Morgan fingerprint density at radius 3 is 2.38 bits per heavy atom. The Morgan fingerprint density at radius 2 is 1.71 bits per heavy atom. The molecule has 0 saturated carbocycles. The van der Waals surface area contributed by atoms with Gasteiger partial charge in [0.05, 0.1) is 24.3 Å². The van der Waals surface area contributed by atoms with Gasteiger partial charge in [-0.1, -0.05) is 26.2 Å². The highest BCUT2D eigenvalue weighted by Crippen LogP contribution is 2.16. The van der Waals surface area contributed by atoms with Crippen molar-refractivity contribution in [3.63, 3.8) is 0 Å². The minimum absolute atomic E-state index is 0.156. The van der Waals surface area contributed by atoms with Gasteiger partial charge < -0.3 is 15.2 Å². The molecule has 0 aliphatic rings. The molecule has 0 aromatic heterocycles. The van der Waals surface area contributed by atoms with Crippen LogP contribution in [-0.2, 0) is 9.47 Å². The molecule has 0 saturated heterocycles. The molecule has 0 heterocycles. The van der Waals surface area contributed by atoms with Gasteiger partial charge in [0.25, 0.3) is 0 Å². The van der Waals surface area contributed by atoms with Crippen LogP contribution in [0.4, 0.5) is 5.69 Å². The summed E-state index contributed by atoms with van der Waals surface area (Å²) in [7, 11) is 0. The molecule has 0 spiro atoms. The number of esters is 2. The van der Waals surface area contributed by atoms with Crippen molar-refractivity contribution in [2.24, 2.45) is 0 Å². The van der Waals surface area contributed by atoms with E-state index in [-0.39, 0.29) is 17.7 Å². The Bertz CT molecular complexity index is 485. The summed E-state index contributed by atoms with van der Waals surface area (Å²) in [5, 5.41) is 0. The number of rotatable bonds is 8. The molecule has 0 bridgehead atoms. The zero-order valence-corrected chi connectivity index (χ0v) is 12.7. The minimum Gasteiger partial charge on any atom is -0.462 e. The number of carbonyl (C=O) groups excluding carboxylic acids is 2. The number of benzene rings is 1. The van der Waals surface area contributed by atoms with Gasteiger partial charge in [0.2, 0.25) is 0 Å². The van der Waals surface area contributed by atoms with Gasteiger partial charge in [0.1, 0.15) is 0 Å². The van der Waals surface area contributed by atoms with Crippen LogP contribution >= 0.6 is 0 Å². The normalized spacial score (nSPS) is 10.2. The van der Waals surface area contributed by atoms with E-state index in [1.807, 2.05) is 0 Å². The van der Waals surface area contributed by atoms with Crippen LogP contribution in [0.1, 0.15) is 60.2 Å². The Morgan fingerprint density at radius 1 is 1.00 bits per heavy atom. The van der Waals surface area contributed by atoms with Crippen molar-refractivity contribution in [1.82, 2.24) is 0 Å². The monoisotopic (exact) mass is 293 g/mol. The lowest BCUT2D eigenvalue weighted by Gasteiger charge is -2.10. The highest BCUT2D eigenvalue weighted by atomic mass is 16.5. The fourth-order valence-corrected chi connectivity index (χ4v) is 1.89. The summed E-state index contributed by atoms with van der Waals surface area (Å²) in [4.78, 5) is 23.9. The van der Waals surface area contributed by atoms with Gasteiger partial charge >= 0.3 is 11.9 Å².